The van der Waals surface area contributed by atoms with Crippen molar-refractivity contribution in [3.05, 3.63) is 17.5 Å². The molecule has 130 valence electrons. The van der Waals surface area contributed by atoms with Gasteiger partial charge in [-0.05, 0) is 45.1 Å². The van der Waals surface area contributed by atoms with E-state index in [2.05, 4.69) is 15.6 Å². The lowest BCUT2D eigenvalue weighted by atomic mass is 9.88. The van der Waals surface area contributed by atoms with Crippen LogP contribution in [0.15, 0.2) is 11.8 Å². The molecule has 2 aliphatic rings. The summed E-state index contributed by atoms with van der Waals surface area (Å²) in [6.45, 7) is 3.71. The average Bonchev–Trinajstić information content (AvgIpc) is 3.15. The molecule has 2 saturated carbocycles. The number of carbonyl (C=O) groups excluding carboxylic acids is 2. The third kappa shape index (κ3) is 3.13. The largest absolute Gasteiger partial charge is 0.393 e. The Morgan fingerprint density at radius 2 is 1.92 bits per heavy atom. The molecule has 2 aliphatic carbocycles. The molecule has 7 nitrogen and oxygen atoms in total. The zero-order valence-corrected chi connectivity index (χ0v) is 14.3. The third-order valence-electron chi connectivity index (χ3n) is 4.90. The summed E-state index contributed by atoms with van der Waals surface area (Å²) >= 11 is 0. The number of aliphatic hydroxyl groups excluding tert-OH is 1. The summed E-state index contributed by atoms with van der Waals surface area (Å²) < 4.78 is 1.54. The van der Waals surface area contributed by atoms with Crippen LogP contribution in [0.1, 0.15) is 51.1 Å². The molecule has 1 aromatic heterocycles. The molecule has 3 rings (SSSR count). The highest BCUT2D eigenvalue weighted by atomic mass is 16.3. The summed E-state index contributed by atoms with van der Waals surface area (Å²) in [5, 5.41) is 20.8. The molecule has 24 heavy (non-hydrogen) atoms. The minimum absolute atomic E-state index is 0.146. The Morgan fingerprint density at radius 3 is 2.50 bits per heavy atom. The predicted molar refractivity (Wildman–Crippen MR) is 87.9 cm³/mol. The van der Waals surface area contributed by atoms with Gasteiger partial charge in [-0.1, -0.05) is 5.21 Å². The molecule has 0 aromatic carbocycles. The number of rotatable bonds is 5. The molecular weight excluding hydrogens is 308 g/mol. The van der Waals surface area contributed by atoms with Gasteiger partial charge in [0, 0.05) is 18.9 Å². The second-order valence-corrected chi connectivity index (χ2v) is 7.03. The number of carbonyl (C=O) groups is 2. The number of hydrogen-bond donors (Lipinski definition) is 2. The quantitative estimate of drug-likeness (QED) is 0.787. The first-order valence-corrected chi connectivity index (χ1v) is 8.46. The van der Waals surface area contributed by atoms with Crippen LogP contribution in [0.25, 0.3) is 5.70 Å². The number of aromatic nitrogens is 3. The van der Waals surface area contributed by atoms with Crippen molar-refractivity contribution in [2.45, 2.75) is 51.6 Å². The number of nitrogens with zero attached hydrogens (tertiary/aromatic N) is 3. The molecule has 0 aliphatic heterocycles. The highest BCUT2D eigenvalue weighted by Gasteiger charge is 2.43. The van der Waals surface area contributed by atoms with Gasteiger partial charge in [0.1, 0.15) is 5.70 Å². The van der Waals surface area contributed by atoms with Gasteiger partial charge in [0.05, 0.1) is 23.9 Å². The van der Waals surface area contributed by atoms with Crippen LogP contribution in [0.3, 0.4) is 0 Å². The summed E-state index contributed by atoms with van der Waals surface area (Å²) in [5.41, 5.74) is 2.20. The van der Waals surface area contributed by atoms with Crippen molar-refractivity contribution >= 4 is 17.4 Å². The van der Waals surface area contributed by atoms with Gasteiger partial charge in [-0.3, -0.25) is 9.59 Å². The Bertz CT molecular complexity index is 686. The van der Waals surface area contributed by atoms with E-state index < -0.39 is 17.9 Å². The molecule has 1 unspecified atom stereocenters. The third-order valence-corrected chi connectivity index (χ3v) is 4.90. The van der Waals surface area contributed by atoms with Crippen LogP contribution in [0.5, 0.6) is 0 Å². The molecule has 1 heterocycles. The van der Waals surface area contributed by atoms with E-state index in [0.717, 1.165) is 24.1 Å². The van der Waals surface area contributed by atoms with Crippen molar-refractivity contribution in [2.24, 2.45) is 11.8 Å². The Hall–Kier alpha value is -2.02. The Balaban J connectivity index is 1.89. The van der Waals surface area contributed by atoms with E-state index in [9.17, 15) is 14.7 Å². The lowest BCUT2D eigenvalue weighted by Crippen LogP contribution is -2.34. The maximum atomic E-state index is 13.1. The van der Waals surface area contributed by atoms with Gasteiger partial charge in [-0.25, -0.2) is 4.68 Å². The van der Waals surface area contributed by atoms with Gasteiger partial charge in [-0.15, -0.1) is 5.10 Å². The van der Waals surface area contributed by atoms with Gasteiger partial charge in [0.15, 0.2) is 5.78 Å². The maximum Gasteiger partial charge on any atom is 0.223 e. The monoisotopic (exact) mass is 332 g/mol. The van der Waals surface area contributed by atoms with Crippen LogP contribution in [0, 0.1) is 11.8 Å². The zero-order chi connectivity index (χ0) is 17.4. The van der Waals surface area contributed by atoms with E-state index in [4.69, 9.17) is 0 Å². The molecule has 0 bridgehead atoms. The molecule has 2 N–H and O–H groups in total. The molecule has 3 atom stereocenters. The van der Waals surface area contributed by atoms with Crippen LogP contribution in [-0.2, 0) is 9.59 Å². The van der Waals surface area contributed by atoms with Crippen molar-refractivity contribution < 1.29 is 14.7 Å². The minimum atomic E-state index is -0.627. The Morgan fingerprint density at radius 1 is 1.25 bits per heavy atom. The lowest BCUT2D eigenvalue weighted by Gasteiger charge is -2.19. The van der Waals surface area contributed by atoms with Gasteiger partial charge in [-0.2, -0.15) is 0 Å². The minimum Gasteiger partial charge on any atom is -0.393 e. The smallest absolute Gasteiger partial charge is 0.223 e. The molecule has 2 fully saturated rings. The van der Waals surface area contributed by atoms with Crippen LogP contribution < -0.4 is 5.32 Å². The van der Waals surface area contributed by atoms with Gasteiger partial charge >= 0.3 is 0 Å². The zero-order valence-electron chi connectivity index (χ0n) is 14.3. The highest BCUT2D eigenvalue weighted by molar-refractivity contribution is 6.17. The number of hydrogen-bond acceptors (Lipinski definition) is 5. The fourth-order valence-corrected chi connectivity index (χ4v) is 3.49. The van der Waals surface area contributed by atoms with Crippen LogP contribution >= 0.6 is 0 Å². The summed E-state index contributed by atoms with van der Waals surface area (Å²) in [5.74, 6) is -0.918. The number of amides is 1. The van der Waals surface area contributed by atoms with E-state index in [0.29, 0.717) is 24.5 Å². The number of nitrogens with one attached hydrogen (secondary N) is 1. The molecule has 0 radical (unpaired) electrons. The van der Waals surface area contributed by atoms with E-state index in [1.807, 2.05) is 20.0 Å². The van der Waals surface area contributed by atoms with E-state index in [-0.39, 0.29) is 11.7 Å². The Kier molecular flexibility index (Phi) is 4.54. The molecule has 7 heteroatoms. The molecule has 1 aromatic rings. The van der Waals surface area contributed by atoms with Gasteiger partial charge < -0.3 is 10.4 Å². The van der Waals surface area contributed by atoms with Crippen LogP contribution in [-0.4, -0.2) is 44.9 Å². The van der Waals surface area contributed by atoms with Crippen molar-refractivity contribution in [3.8, 4) is 0 Å². The summed E-state index contributed by atoms with van der Waals surface area (Å²) in [6.07, 6.45) is 4.04. The number of allylic oxidation sites excluding steroid dienone is 2. The molecule has 1 amide bonds. The molecular formula is C17H24N4O3. The Labute approximate surface area is 141 Å². The number of ketones is 1. The SMILES string of the molecule is CNC(=O)[C@@H]1C[C@@H](O)CC1C(=O)C(=C(C)C)n1cc(C2CC2)nn1. The summed E-state index contributed by atoms with van der Waals surface area (Å²) in [4.78, 5) is 25.2. The molecule has 0 spiro atoms. The fourth-order valence-electron chi connectivity index (χ4n) is 3.49. The molecule has 0 saturated heterocycles. The predicted octanol–water partition coefficient (Wildman–Crippen LogP) is 1.11. The van der Waals surface area contributed by atoms with Crippen molar-refractivity contribution in [2.75, 3.05) is 7.05 Å². The first-order chi connectivity index (χ1) is 11.4. The second-order valence-electron chi connectivity index (χ2n) is 7.03. The van der Waals surface area contributed by atoms with E-state index in [1.54, 1.807) is 7.05 Å². The lowest BCUT2D eigenvalue weighted by molar-refractivity contribution is -0.130. The summed E-state index contributed by atoms with van der Waals surface area (Å²) in [7, 11) is 1.55. The standard InChI is InChI=1S/C17H24N4O3/c1-9(2)15(21-8-14(19-20-21)10-4-5-10)16(23)12-6-11(22)7-13(12)17(24)18-3/h8,10-13,22H,4-7H2,1-3H3,(H,18,24)/t11-,12?,13+/m0/s1. The van der Waals surface area contributed by atoms with Gasteiger partial charge in [0.2, 0.25) is 5.91 Å². The van der Waals surface area contributed by atoms with Crippen molar-refractivity contribution in [1.82, 2.24) is 20.3 Å². The van der Waals surface area contributed by atoms with Gasteiger partial charge in [0.25, 0.3) is 0 Å². The average molecular weight is 332 g/mol. The number of aliphatic hydroxyl groups is 1. The van der Waals surface area contributed by atoms with Crippen LogP contribution in [0.2, 0.25) is 0 Å². The first-order valence-electron chi connectivity index (χ1n) is 8.46. The van der Waals surface area contributed by atoms with Crippen molar-refractivity contribution in [3.63, 3.8) is 0 Å². The topological polar surface area (TPSA) is 97.1 Å². The first kappa shape index (κ1) is 16.8. The second kappa shape index (κ2) is 6.47. The van der Waals surface area contributed by atoms with E-state index in [1.165, 1.54) is 4.68 Å². The fraction of sp³-hybridized carbons (Fsp3) is 0.647. The van der Waals surface area contributed by atoms with Crippen molar-refractivity contribution in [1.29, 1.82) is 0 Å². The number of Topliss-reactive ketones (excluding diaryl/α,β-unsaturated/α-hetero) is 1. The highest BCUT2D eigenvalue weighted by Crippen LogP contribution is 2.39. The van der Waals surface area contributed by atoms with Crippen LogP contribution in [0.4, 0.5) is 0 Å². The maximum absolute atomic E-state index is 13.1. The summed E-state index contributed by atoms with van der Waals surface area (Å²) in [6, 6.07) is 0. The normalized spacial score (nSPS) is 26.2. The van der Waals surface area contributed by atoms with E-state index >= 15 is 0 Å².